The molecule has 0 bridgehead atoms. The number of esters is 1. The second kappa shape index (κ2) is 3.85. The third kappa shape index (κ3) is 2.01. The number of hydrogen-bond acceptors (Lipinski definition) is 5. The molecule has 1 heterocycles. The van der Waals surface area contributed by atoms with Crippen molar-refractivity contribution in [2.24, 2.45) is 0 Å². The standard InChI is InChI=1S/C10H8F2O5/c1-15-9(14)7(13)5-3-2-4-6-8(5)17-10(11,12)16-6/h2-4,7,13H,1H3. The predicted octanol–water partition coefficient (Wildman–Crippen LogP) is 1.21. The van der Waals surface area contributed by atoms with E-state index in [0.717, 1.165) is 7.11 Å². The topological polar surface area (TPSA) is 65.0 Å². The summed E-state index contributed by atoms with van der Waals surface area (Å²) in [7, 11) is 1.07. The highest BCUT2D eigenvalue weighted by molar-refractivity contribution is 5.77. The van der Waals surface area contributed by atoms with E-state index >= 15 is 0 Å². The van der Waals surface area contributed by atoms with Gasteiger partial charge in [-0.2, -0.15) is 0 Å². The second-order valence-corrected chi connectivity index (χ2v) is 3.27. The summed E-state index contributed by atoms with van der Waals surface area (Å²) >= 11 is 0. The van der Waals surface area contributed by atoms with Crippen LogP contribution in [0.5, 0.6) is 11.5 Å². The van der Waals surface area contributed by atoms with Crippen LogP contribution in [0.4, 0.5) is 8.78 Å². The Morgan fingerprint density at radius 2 is 2.18 bits per heavy atom. The lowest BCUT2D eigenvalue weighted by Gasteiger charge is -2.11. The highest BCUT2D eigenvalue weighted by Gasteiger charge is 2.45. The van der Waals surface area contributed by atoms with E-state index in [1.807, 2.05) is 0 Å². The average molecular weight is 246 g/mol. The molecule has 7 heteroatoms. The lowest BCUT2D eigenvalue weighted by atomic mass is 10.1. The van der Waals surface area contributed by atoms with Crippen molar-refractivity contribution >= 4 is 5.97 Å². The zero-order valence-electron chi connectivity index (χ0n) is 8.65. The van der Waals surface area contributed by atoms with Crippen molar-refractivity contribution in [3.05, 3.63) is 23.8 Å². The van der Waals surface area contributed by atoms with Crippen molar-refractivity contribution in [1.29, 1.82) is 0 Å². The summed E-state index contributed by atoms with van der Waals surface area (Å²) in [6, 6.07) is 3.86. The zero-order valence-corrected chi connectivity index (χ0v) is 8.65. The third-order valence-corrected chi connectivity index (χ3v) is 2.18. The van der Waals surface area contributed by atoms with E-state index in [0.29, 0.717) is 0 Å². The maximum atomic E-state index is 12.8. The predicted molar refractivity (Wildman–Crippen MR) is 49.6 cm³/mol. The van der Waals surface area contributed by atoms with Gasteiger partial charge in [0.2, 0.25) is 0 Å². The van der Waals surface area contributed by atoms with E-state index < -0.39 is 18.4 Å². The minimum atomic E-state index is -3.80. The number of aliphatic hydroxyl groups is 1. The number of carbonyl (C=O) groups excluding carboxylic acids is 1. The molecule has 0 spiro atoms. The molecule has 1 aromatic carbocycles. The van der Waals surface area contributed by atoms with Gasteiger partial charge >= 0.3 is 12.3 Å². The molecule has 1 N–H and O–H groups in total. The van der Waals surface area contributed by atoms with Gasteiger partial charge in [-0.25, -0.2) is 4.79 Å². The van der Waals surface area contributed by atoms with Gasteiger partial charge in [-0.1, -0.05) is 12.1 Å². The number of alkyl halides is 2. The Morgan fingerprint density at radius 1 is 1.47 bits per heavy atom. The summed E-state index contributed by atoms with van der Waals surface area (Å²) in [6.45, 7) is 0. The van der Waals surface area contributed by atoms with Gasteiger partial charge in [0, 0.05) is 5.56 Å². The Balaban J connectivity index is 2.39. The van der Waals surface area contributed by atoms with Crippen LogP contribution in [-0.2, 0) is 9.53 Å². The SMILES string of the molecule is COC(=O)C(O)c1cccc2c1OC(F)(F)O2. The van der Waals surface area contributed by atoms with Crippen LogP contribution in [-0.4, -0.2) is 24.5 Å². The van der Waals surface area contributed by atoms with Crippen molar-refractivity contribution < 1.29 is 32.9 Å². The van der Waals surface area contributed by atoms with E-state index in [1.165, 1.54) is 18.2 Å². The molecule has 1 unspecified atom stereocenters. The quantitative estimate of drug-likeness (QED) is 0.794. The van der Waals surface area contributed by atoms with Crippen LogP contribution in [0.1, 0.15) is 11.7 Å². The van der Waals surface area contributed by atoms with E-state index in [1.54, 1.807) is 0 Å². The molecule has 0 aromatic heterocycles. The molecule has 1 atom stereocenters. The van der Waals surface area contributed by atoms with Crippen LogP contribution in [0.3, 0.4) is 0 Å². The van der Waals surface area contributed by atoms with Crippen molar-refractivity contribution in [2.45, 2.75) is 12.4 Å². The lowest BCUT2D eigenvalue weighted by Crippen LogP contribution is -2.26. The molecular formula is C10H8F2O5. The number of halogens is 2. The number of fused-ring (bicyclic) bond motifs is 1. The molecule has 5 nitrogen and oxygen atoms in total. The van der Waals surface area contributed by atoms with Gasteiger partial charge in [0.1, 0.15) is 0 Å². The zero-order chi connectivity index (χ0) is 12.6. The molecule has 0 radical (unpaired) electrons. The molecule has 17 heavy (non-hydrogen) atoms. The highest BCUT2D eigenvalue weighted by Crippen LogP contribution is 2.45. The Bertz CT molecular complexity index is 460. The minimum absolute atomic E-state index is 0.133. The van der Waals surface area contributed by atoms with Crippen LogP contribution >= 0.6 is 0 Å². The van der Waals surface area contributed by atoms with Crippen molar-refractivity contribution in [2.75, 3.05) is 7.11 Å². The van der Waals surface area contributed by atoms with E-state index in [9.17, 15) is 18.7 Å². The number of benzene rings is 1. The van der Waals surface area contributed by atoms with Gasteiger partial charge in [-0.3, -0.25) is 0 Å². The molecule has 1 aliphatic rings. The van der Waals surface area contributed by atoms with Gasteiger partial charge in [0.05, 0.1) is 7.11 Å². The summed E-state index contributed by atoms with van der Waals surface area (Å²) in [6.07, 6.45) is -5.50. The van der Waals surface area contributed by atoms with Crippen LogP contribution in [0.15, 0.2) is 18.2 Å². The van der Waals surface area contributed by atoms with Crippen LogP contribution < -0.4 is 9.47 Å². The summed E-state index contributed by atoms with van der Waals surface area (Å²) in [5.74, 6) is -1.58. The van der Waals surface area contributed by atoms with Crippen molar-refractivity contribution in [3.8, 4) is 11.5 Å². The molecule has 0 saturated carbocycles. The maximum absolute atomic E-state index is 12.8. The van der Waals surface area contributed by atoms with Crippen molar-refractivity contribution in [3.63, 3.8) is 0 Å². The first-order chi connectivity index (χ1) is 7.94. The molecular weight excluding hydrogens is 238 g/mol. The second-order valence-electron chi connectivity index (χ2n) is 3.27. The summed E-state index contributed by atoms with van der Waals surface area (Å²) in [5, 5.41) is 9.57. The largest absolute Gasteiger partial charge is 0.586 e. The fourth-order valence-electron chi connectivity index (χ4n) is 1.44. The molecule has 92 valence electrons. The Labute approximate surface area is 94.5 Å². The highest BCUT2D eigenvalue weighted by atomic mass is 19.3. The molecule has 0 saturated heterocycles. The molecule has 0 aliphatic carbocycles. The molecule has 1 aromatic rings. The first kappa shape index (κ1) is 11.6. The van der Waals surface area contributed by atoms with Crippen LogP contribution in [0.25, 0.3) is 0 Å². The number of hydrogen-bond donors (Lipinski definition) is 1. The first-order valence-corrected chi connectivity index (χ1v) is 4.59. The number of para-hydroxylation sites is 1. The normalized spacial score (nSPS) is 17.6. The number of ether oxygens (including phenoxy) is 3. The minimum Gasteiger partial charge on any atom is -0.467 e. The smallest absolute Gasteiger partial charge is 0.467 e. The van der Waals surface area contributed by atoms with Gasteiger partial charge in [0.15, 0.2) is 17.6 Å². The van der Waals surface area contributed by atoms with Crippen molar-refractivity contribution in [1.82, 2.24) is 0 Å². The summed E-state index contributed by atoms with van der Waals surface area (Å²) in [4.78, 5) is 11.1. The Hall–Kier alpha value is -1.89. The molecule has 0 fully saturated rings. The van der Waals surface area contributed by atoms with E-state index in [2.05, 4.69) is 14.2 Å². The molecule has 2 rings (SSSR count). The van der Waals surface area contributed by atoms with E-state index in [4.69, 9.17) is 0 Å². The first-order valence-electron chi connectivity index (χ1n) is 4.59. The van der Waals surface area contributed by atoms with Gasteiger partial charge in [-0.15, -0.1) is 8.78 Å². The molecule has 0 amide bonds. The van der Waals surface area contributed by atoms with Gasteiger partial charge in [-0.05, 0) is 6.07 Å². The van der Waals surface area contributed by atoms with Crippen LogP contribution in [0.2, 0.25) is 0 Å². The lowest BCUT2D eigenvalue weighted by molar-refractivity contribution is -0.287. The summed E-state index contributed by atoms with van der Waals surface area (Å²) in [5.41, 5.74) is -0.133. The molecule has 1 aliphatic heterocycles. The average Bonchev–Trinajstić information content (AvgIpc) is 2.60. The van der Waals surface area contributed by atoms with E-state index in [-0.39, 0.29) is 17.1 Å². The van der Waals surface area contributed by atoms with Crippen LogP contribution in [0, 0.1) is 0 Å². The Kier molecular flexibility index (Phi) is 2.62. The Morgan fingerprint density at radius 3 is 2.82 bits per heavy atom. The maximum Gasteiger partial charge on any atom is 0.586 e. The van der Waals surface area contributed by atoms with Gasteiger partial charge < -0.3 is 19.3 Å². The fourth-order valence-corrected chi connectivity index (χ4v) is 1.44. The number of carbonyl (C=O) groups is 1. The number of aliphatic hydroxyl groups excluding tert-OH is 1. The number of rotatable bonds is 2. The monoisotopic (exact) mass is 246 g/mol. The summed E-state index contributed by atoms with van der Waals surface area (Å²) < 4.78 is 38.3. The van der Waals surface area contributed by atoms with Gasteiger partial charge in [0.25, 0.3) is 0 Å². The fraction of sp³-hybridized carbons (Fsp3) is 0.300. The third-order valence-electron chi connectivity index (χ3n) is 2.18. The number of methoxy groups -OCH3 is 1.